The fraction of sp³-hybridized carbons (Fsp3) is 0.278. The lowest BCUT2D eigenvalue weighted by atomic mass is 10.2. The van der Waals surface area contributed by atoms with Crippen LogP contribution in [0.2, 0.25) is 5.02 Å². The SMILES string of the molecule is CCOC(=O)/C=C(\C)NC(=O)c1ccn(COc2ccc(Cl)cc2C)n1. The minimum atomic E-state index is -0.512. The Hall–Kier alpha value is -2.80. The van der Waals surface area contributed by atoms with Crippen LogP contribution in [0.1, 0.15) is 29.9 Å². The number of esters is 1. The van der Waals surface area contributed by atoms with E-state index in [4.69, 9.17) is 21.1 Å². The summed E-state index contributed by atoms with van der Waals surface area (Å²) in [5.74, 6) is -0.254. The van der Waals surface area contributed by atoms with Crippen molar-refractivity contribution in [2.75, 3.05) is 6.61 Å². The number of hydrogen-bond donors (Lipinski definition) is 1. The summed E-state index contributed by atoms with van der Waals surface area (Å²) in [6, 6.07) is 6.88. The quantitative estimate of drug-likeness (QED) is 0.592. The maximum Gasteiger partial charge on any atom is 0.332 e. The van der Waals surface area contributed by atoms with Gasteiger partial charge in [-0.1, -0.05) is 11.6 Å². The number of aromatic nitrogens is 2. The molecule has 1 amide bonds. The van der Waals surface area contributed by atoms with Crippen molar-refractivity contribution in [2.45, 2.75) is 27.5 Å². The van der Waals surface area contributed by atoms with Gasteiger partial charge in [0.1, 0.15) is 5.75 Å². The molecular formula is C18H20ClN3O4. The molecule has 0 atom stereocenters. The molecule has 0 unspecified atom stereocenters. The molecule has 1 aromatic carbocycles. The Balaban J connectivity index is 1.94. The summed E-state index contributed by atoms with van der Waals surface area (Å²) < 4.78 is 11.9. The van der Waals surface area contributed by atoms with Crippen LogP contribution in [0, 0.1) is 6.92 Å². The number of benzene rings is 1. The summed E-state index contributed by atoms with van der Waals surface area (Å²) in [5, 5.41) is 7.37. The molecule has 8 heteroatoms. The van der Waals surface area contributed by atoms with Crippen LogP contribution >= 0.6 is 11.6 Å². The van der Waals surface area contributed by atoms with E-state index in [0.717, 1.165) is 5.56 Å². The van der Waals surface area contributed by atoms with Gasteiger partial charge in [-0.15, -0.1) is 0 Å². The molecule has 1 N–H and O–H groups in total. The summed E-state index contributed by atoms with van der Waals surface area (Å²) in [5.41, 5.74) is 1.48. The molecule has 138 valence electrons. The fourth-order valence-electron chi connectivity index (χ4n) is 2.11. The minimum Gasteiger partial charge on any atom is -0.471 e. The van der Waals surface area contributed by atoms with Crippen LogP contribution in [0.3, 0.4) is 0 Å². The summed E-state index contributed by atoms with van der Waals surface area (Å²) in [6.07, 6.45) is 2.84. The van der Waals surface area contributed by atoms with E-state index in [1.165, 1.54) is 10.8 Å². The topological polar surface area (TPSA) is 82.5 Å². The van der Waals surface area contributed by atoms with Crippen molar-refractivity contribution < 1.29 is 19.1 Å². The van der Waals surface area contributed by atoms with Gasteiger partial charge in [-0.2, -0.15) is 5.10 Å². The molecule has 0 aliphatic rings. The first-order valence-corrected chi connectivity index (χ1v) is 8.35. The molecular weight excluding hydrogens is 358 g/mol. The number of nitrogens with zero attached hydrogens (tertiary/aromatic N) is 2. The Labute approximate surface area is 156 Å². The Bertz CT molecular complexity index is 830. The van der Waals surface area contributed by atoms with E-state index in [0.29, 0.717) is 16.5 Å². The van der Waals surface area contributed by atoms with Crippen LogP contribution in [-0.4, -0.2) is 28.3 Å². The summed E-state index contributed by atoms with van der Waals surface area (Å²) in [7, 11) is 0. The minimum absolute atomic E-state index is 0.146. The van der Waals surface area contributed by atoms with E-state index in [-0.39, 0.29) is 19.0 Å². The van der Waals surface area contributed by atoms with Gasteiger partial charge in [0.2, 0.25) is 0 Å². The number of amides is 1. The highest BCUT2D eigenvalue weighted by atomic mass is 35.5. The number of ether oxygens (including phenoxy) is 2. The molecule has 2 aromatic rings. The zero-order chi connectivity index (χ0) is 19.1. The van der Waals surface area contributed by atoms with Gasteiger partial charge in [0, 0.05) is 23.0 Å². The molecule has 0 bridgehead atoms. The molecule has 0 radical (unpaired) electrons. The lowest BCUT2D eigenvalue weighted by molar-refractivity contribution is -0.137. The third-order valence-electron chi connectivity index (χ3n) is 3.29. The summed E-state index contributed by atoms with van der Waals surface area (Å²) >= 11 is 5.91. The first-order valence-electron chi connectivity index (χ1n) is 7.98. The zero-order valence-electron chi connectivity index (χ0n) is 14.8. The Morgan fingerprint density at radius 3 is 2.81 bits per heavy atom. The van der Waals surface area contributed by atoms with Gasteiger partial charge >= 0.3 is 5.97 Å². The Morgan fingerprint density at radius 1 is 1.35 bits per heavy atom. The number of rotatable bonds is 7. The van der Waals surface area contributed by atoms with Gasteiger partial charge in [0.05, 0.1) is 6.61 Å². The average molecular weight is 378 g/mol. The highest BCUT2D eigenvalue weighted by molar-refractivity contribution is 6.30. The predicted octanol–water partition coefficient (Wildman–Crippen LogP) is 3.08. The molecule has 2 rings (SSSR count). The molecule has 7 nitrogen and oxygen atoms in total. The second-order valence-electron chi connectivity index (χ2n) is 5.46. The third kappa shape index (κ3) is 5.63. The number of halogens is 1. The molecule has 26 heavy (non-hydrogen) atoms. The molecule has 0 fully saturated rings. The van der Waals surface area contributed by atoms with Crippen LogP contribution in [0.4, 0.5) is 0 Å². The van der Waals surface area contributed by atoms with E-state index < -0.39 is 11.9 Å². The van der Waals surface area contributed by atoms with E-state index in [2.05, 4.69) is 10.4 Å². The zero-order valence-corrected chi connectivity index (χ0v) is 15.5. The van der Waals surface area contributed by atoms with Gasteiger partial charge in [0.25, 0.3) is 5.91 Å². The number of aryl methyl sites for hydroxylation is 1. The first-order chi connectivity index (χ1) is 12.4. The lowest BCUT2D eigenvalue weighted by Gasteiger charge is -2.09. The Kier molecular flexibility index (Phi) is 6.80. The molecule has 0 saturated heterocycles. The number of allylic oxidation sites excluding steroid dienone is 1. The van der Waals surface area contributed by atoms with E-state index >= 15 is 0 Å². The highest BCUT2D eigenvalue weighted by Gasteiger charge is 2.11. The predicted molar refractivity (Wildman–Crippen MR) is 96.9 cm³/mol. The summed E-state index contributed by atoms with van der Waals surface area (Å²) in [6.45, 7) is 5.61. The van der Waals surface area contributed by atoms with Crippen molar-refractivity contribution in [3.05, 3.63) is 58.5 Å². The number of nitrogens with one attached hydrogen (secondary N) is 1. The standard InChI is InChI=1S/C18H20ClN3O4/c1-4-25-17(23)10-13(3)20-18(24)15-7-8-22(21-15)11-26-16-6-5-14(19)9-12(16)2/h5-10H,4,11H2,1-3H3,(H,20,24)/b13-10+. The monoisotopic (exact) mass is 377 g/mol. The summed E-state index contributed by atoms with van der Waals surface area (Å²) in [4.78, 5) is 23.5. The van der Waals surface area contributed by atoms with Crippen LogP contribution in [0.15, 0.2) is 42.2 Å². The smallest absolute Gasteiger partial charge is 0.332 e. The van der Waals surface area contributed by atoms with Crippen LogP contribution in [0.5, 0.6) is 5.75 Å². The van der Waals surface area contributed by atoms with Gasteiger partial charge in [0.15, 0.2) is 12.4 Å². The van der Waals surface area contributed by atoms with Crippen molar-refractivity contribution in [3.8, 4) is 5.75 Å². The molecule has 1 heterocycles. The number of hydrogen-bond acceptors (Lipinski definition) is 5. The van der Waals surface area contributed by atoms with Gasteiger partial charge in [-0.3, -0.25) is 4.79 Å². The van der Waals surface area contributed by atoms with E-state index in [1.807, 2.05) is 6.92 Å². The van der Waals surface area contributed by atoms with Crippen molar-refractivity contribution in [1.82, 2.24) is 15.1 Å². The number of carbonyl (C=O) groups is 2. The number of carbonyl (C=O) groups excluding carboxylic acids is 2. The largest absolute Gasteiger partial charge is 0.471 e. The van der Waals surface area contributed by atoms with Crippen LogP contribution in [-0.2, 0) is 16.3 Å². The van der Waals surface area contributed by atoms with E-state index in [1.54, 1.807) is 44.3 Å². The van der Waals surface area contributed by atoms with Gasteiger partial charge in [-0.25, -0.2) is 9.48 Å². The molecule has 0 aliphatic heterocycles. The van der Waals surface area contributed by atoms with Crippen molar-refractivity contribution >= 4 is 23.5 Å². The van der Waals surface area contributed by atoms with Crippen molar-refractivity contribution in [3.63, 3.8) is 0 Å². The van der Waals surface area contributed by atoms with Crippen molar-refractivity contribution in [1.29, 1.82) is 0 Å². The van der Waals surface area contributed by atoms with E-state index in [9.17, 15) is 9.59 Å². The average Bonchev–Trinajstić information content (AvgIpc) is 3.03. The fourth-order valence-corrected chi connectivity index (χ4v) is 2.33. The van der Waals surface area contributed by atoms with Crippen molar-refractivity contribution in [2.24, 2.45) is 0 Å². The van der Waals surface area contributed by atoms with Gasteiger partial charge < -0.3 is 14.8 Å². The van der Waals surface area contributed by atoms with Crippen LogP contribution < -0.4 is 10.1 Å². The molecule has 1 aromatic heterocycles. The maximum atomic E-state index is 12.1. The normalized spacial score (nSPS) is 11.2. The van der Waals surface area contributed by atoms with Crippen LogP contribution in [0.25, 0.3) is 0 Å². The second kappa shape index (κ2) is 9.05. The van der Waals surface area contributed by atoms with Gasteiger partial charge in [-0.05, 0) is 50.6 Å². The molecule has 0 aliphatic carbocycles. The highest BCUT2D eigenvalue weighted by Crippen LogP contribution is 2.22. The first kappa shape index (κ1) is 19.5. The third-order valence-corrected chi connectivity index (χ3v) is 3.53. The maximum absolute atomic E-state index is 12.1. The second-order valence-corrected chi connectivity index (χ2v) is 5.89. The lowest BCUT2D eigenvalue weighted by Crippen LogP contribution is -2.23. The molecule has 0 spiro atoms. The Morgan fingerprint density at radius 2 is 2.12 bits per heavy atom. The molecule has 0 saturated carbocycles.